The predicted octanol–water partition coefficient (Wildman–Crippen LogP) is 2.17. The first kappa shape index (κ1) is 9.17. The van der Waals surface area contributed by atoms with E-state index in [4.69, 9.17) is 4.74 Å². The molecule has 80 valence electrons. The fraction of sp³-hybridized carbons (Fsp3) is 1.00. The fourth-order valence-corrected chi connectivity index (χ4v) is 4.73. The van der Waals surface area contributed by atoms with Crippen molar-refractivity contribution in [2.75, 3.05) is 7.11 Å². The number of rotatable bonds is 2. The Morgan fingerprint density at radius 3 is 1.86 bits per heavy atom. The number of methoxy groups -OCH3 is 1. The third-order valence-corrected chi connectivity index (χ3v) is 4.83. The molecule has 0 radical (unpaired) electrons. The molecule has 2 nitrogen and oxygen atoms in total. The Labute approximate surface area is 85.6 Å². The van der Waals surface area contributed by atoms with Crippen LogP contribution < -0.4 is 0 Å². The minimum atomic E-state index is -0.504. The molecular weight excluding hydrogens is 176 g/mol. The van der Waals surface area contributed by atoms with E-state index in [2.05, 4.69) is 0 Å². The van der Waals surface area contributed by atoms with Gasteiger partial charge in [0.15, 0.2) is 6.29 Å². The van der Waals surface area contributed by atoms with Crippen molar-refractivity contribution in [3.8, 4) is 0 Å². The van der Waals surface area contributed by atoms with Gasteiger partial charge < -0.3 is 9.84 Å². The van der Waals surface area contributed by atoms with Gasteiger partial charge in [-0.3, -0.25) is 0 Å². The van der Waals surface area contributed by atoms with Crippen LogP contribution >= 0.6 is 0 Å². The van der Waals surface area contributed by atoms with Gasteiger partial charge in [-0.2, -0.15) is 0 Å². The topological polar surface area (TPSA) is 29.5 Å². The first-order chi connectivity index (χ1) is 6.72. The van der Waals surface area contributed by atoms with Crippen LogP contribution in [-0.2, 0) is 4.74 Å². The second-order valence-electron chi connectivity index (χ2n) is 5.87. The summed E-state index contributed by atoms with van der Waals surface area (Å²) in [5, 5.41) is 10.0. The molecule has 14 heavy (non-hydrogen) atoms. The van der Waals surface area contributed by atoms with E-state index in [1.807, 2.05) is 0 Å². The summed E-state index contributed by atoms with van der Waals surface area (Å²) in [5.41, 5.74) is 0.142. The lowest BCUT2D eigenvalue weighted by atomic mass is 9.49. The maximum atomic E-state index is 10.0. The standard InChI is InChI=1S/C12H20O2/c1-14-11(13)12-5-8-2-9(6-12)4-10(3-8)7-12/h8-11,13H,2-7H2,1H3. The minimum Gasteiger partial charge on any atom is -0.367 e. The molecule has 0 aromatic heterocycles. The summed E-state index contributed by atoms with van der Waals surface area (Å²) >= 11 is 0. The summed E-state index contributed by atoms with van der Waals surface area (Å²) in [4.78, 5) is 0. The van der Waals surface area contributed by atoms with E-state index in [0.717, 1.165) is 17.8 Å². The molecule has 0 aromatic rings. The van der Waals surface area contributed by atoms with Crippen LogP contribution in [-0.4, -0.2) is 18.5 Å². The molecule has 0 amide bonds. The highest BCUT2D eigenvalue weighted by molar-refractivity contribution is 5.02. The number of hydrogen-bond acceptors (Lipinski definition) is 2. The van der Waals surface area contributed by atoms with Gasteiger partial charge in [0, 0.05) is 12.5 Å². The zero-order chi connectivity index (χ0) is 9.76. The molecule has 4 bridgehead atoms. The third kappa shape index (κ3) is 1.17. The molecule has 4 aliphatic carbocycles. The number of hydrogen-bond donors (Lipinski definition) is 1. The van der Waals surface area contributed by atoms with Gasteiger partial charge >= 0.3 is 0 Å². The summed E-state index contributed by atoms with van der Waals surface area (Å²) in [5.74, 6) is 2.68. The second kappa shape index (κ2) is 2.96. The van der Waals surface area contributed by atoms with Crippen LogP contribution in [0.3, 0.4) is 0 Å². The van der Waals surface area contributed by atoms with Gasteiger partial charge in [-0.1, -0.05) is 0 Å². The van der Waals surface area contributed by atoms with Gasteiger partial charge in [-0.25, -0.2) is 0 Å². The van der Waals surface area contributed by atoms with Crippen molar-refractivity contribution in [3.05, 3.63) is 0 Å². The summed E-state index contributed by atoms with van der Waals surface area (Å²) < 4.78 is 5.19. The minimum absolute atomic E-state index is 0.142. The Morgan fingerprint density at radius 2 is 1.50 bits per heavy atom. The number of ether oxygens (including phenoxy) is 1. The van der Waals surface area contributed by atoms with Crippen LogP contribution in [0.5, 0.6) is 0 Å². The van der Waals surface area contributed by atoms with E-state index >= 15 is 0 Å². The molecule has 2 heteroatoms. The molecule has 4 fully saturated rings. The largest absolute Gasteiger partial charge is 0.367 e. The molecule has 1 unspecified atom stereocenters. The monoisotopic (exact) mass is 196 g/mol. The van der Waals surface area contributed by atoms with E-state index in [9.17, 15) is 5.11 Å². The molecule has 1 atom stereocenters. The lowest BCUT2D eigenvalue weighted by Gasteiger charge is -2.57. The average molecular weight is 196 g/mol. The molecule has 4 aliphatic rings. The highest BCUT2D eigenvalue weighted by atomic mass is 16.6. The third-order valence-electron chi connectivity index (χ3n) is 4.83. The number of aliphatic hydroxyl groups is 1. The van der Waals surface area contributed by atoms with Crippen LogP contribution in [0.1, 0.15) is 38.5 Å². The summed E-state index contributed by atoms with van der Waals surface area (Å²) in [7, 11) is 1.64. The van der Waals surface area contributed by atoms with Crippen molar-refractivity contribution in [1.82, 2.24) is 0 Å². The SMILES string of the molecule is COC(O)C12CC3CC(CC(C3)C1)C2. The van der Waals surface area contributed by atoms with Crippen molar-refractivity contribution in [2.24, 2.45) is 23.2 Å². The molecule has 0 saturated heterocycles. The van der Waals surface area contributed by atoms with Gasteiger partial charge in [-0.05, 0) is 56.3 Å². The fourth-order valence-electron chi connectivity index (χ4n) is 4.73. The van der Waals surface area contributed by atoms with Crippen molar-refractivity contribution in [1.29, 1.82) is 0 Å². The second-order valence-corrected chi connectivity index (χ2v) is 5.87. The van der Waals surface area contributed by atoms with Gasteiger partial charge in [-0.15, -0.1) is 0 Å². The highest BCUT2D eigenvalue weighted by Crippen LogP contribution is 2.61. The Bertz CT molecular complexity index is 201. The lowest BCUT2D eigenvalue weighted by molar-refractivity contribution is -0.216. The molecule has 0 heterocycles. The van der Waals surface area contributed by atoms with Crippen LogP contribution in [0.4, 0.5) is 0 Å². The smallest absolute Gasteiger partial charge is 0.159 e. The van der Waals surface area contributed by atoms with Crippen molar-refractivity contribution < 1.29 is 9.84 Å². The molecule has 4 saturated carbocycles. The summed E-state index contributed by atoms with van der Waals surface area (Å²) in [6.45, 7) is 0. The zero-order valence-electron chi connectivity index (χ0n) is 8.91. The van der Waals surface area contributed by atoms with Crippen LogP contribution in [0.2, 0.25) is 0 Å². The zero-order valence-corrected chi connectivity index (χ0v) is 8.91. The van der Waals surface area contributed by atoms with Crippen molar-refractivity contribution in [3.63, 3.8) is 0 Å². The van der Waals surface area contributed by atoms with Gasteiger partial charge in [0.1, 0.15) is 0 Å². The molecule has 0 spiro atoms. The molecule has 0 aliphatic heterocycles. The lowest BCUT2D eigenvalue weighted by Crippen LogP contribution is -2.52. The van der Waals surface area contributed by atoms with Gasteiger partial charge in [0.25, 0.3) is 0 Å². The Balaban J connectivity index is 1.87. The first-order valence-electron chi connectivity index (χ1n) is 5.93. The van der Waals surface area contributed by atoms with Crippen molar-refractivity contribution in [2.45, 2.75) is 44.8 Å². The van der Waals surface area contributed by atoms with E-state index < -0.39 is 6.29 Å². The van der Waals surface area contributed by atoms with Gasteiger partial charge in [0.2, 0.25) is 0 Å². The maximum absolute atomic E-state index is 10.0. The van der Waals surface area contributed by atoms with E-state index in [0.29, 0.717) is 0 Å². The Kier molecular flexibility index (Phi) is 1.94. The Morgan fingerprint density at radius 1 is 1.07 bits per heavy atom. The van der Waals surface area contributed by atoms with Crippen molar-refractivity contribution >= 4 is 0 Å². The number of aliphatic hydroxyl groups excluding tert-OH is 1. The summed E-state index contributed by atoms with van der Waals surface area (Å²) in [6.07, 6.45) is 7.42. The summed E-state index contributed by atoms with van der Waals surface area (Å²) in [6, 6.07) is 0. The van der Waals surface area contributed by atoms with Gasteiger partial charge in [0.05, 0.1) is 0 Å². The van der Waals surface area contributed by atoms with Crippen LogP contribution in [0.25, 0.3) is 0 Å². The normalized spacial score (nSPS) is 52.3. The molecular formula is C12H20O2. The van der Waals surface area contributed by atoms with E-state index in [1.54, 1.807) is 7.11 Å². The van der Waals surface area contributed by atoms with Crippen LogP contribution in [0, 0.1) is 23.2 Å². The highest BCUT2D eigenvalue weighted by Gasteiger charge is 2.54. The molecule has 0 aromatic carbocycles. The molecule has 1 N–H and O–H groups in total. The van der Waals surface area contributed by atoms with E-state index in [1.165, 1.54) is 38.5 Å². The average Bonchev–Trinajstić information content (AvgIpc) is 2.14. The van der Waals surface area contributed by atoms with Crippen LogP contribution in [0.15, 0.2) is 0 Å². The quantitative estimate of drug-likeness (QED) is 0.686. The first-order valence-corrected chi connectivity index (χ1v) is 5.93. The predicted molar refractivity (Wildman–Crippen MR) is 53.6 cm³/mol. The van der Waals surface area contributed by atoms with E-state index in [-0.39, 0.29) is 5.41 Å². The Hall–Kier alpha value is -0.0800. The maximum Gasteiger partial charge on any atom is 0.159 e. The molecule has 4 rings (SSSR count).